The van der Waals surface area contributed by atoms with Crippen molar-refractivity contribution < 1.29 is 24.6 Å². The number of amides is 2. The van der Waals surface area contributed by atoms with E-state index in [4.69, 9.17) is 0 Å². The van der Waals surface area contributed by atoms with Gasteiger partial charge in [0.2, 0.25) is 0 Å². The molecule has 5 rings (SSSR count). The van der Waals surface area contributed by atoms with Crippen LogP contribution >= 0.6 is 0 Å². The fourth-order valence-electron chi connectivity index (χ4n) is 5.32. The molecule has 0 saturated carbocycles. The van der Waals surface area contributed by atoms with Crippen LogP contribution in [0.4, 0.5) is 0 Å². The van der Waals surface area contributed by atoms with Gasteiger partial charge in [0.05, 0.1) is 19.1 Å². The van der Waals surface area contributed by atoms with Crippen molar-refractivity contribution in [1.29, 1.82) is 0 Å². The Morgan fingerprint density at radius 2 is 1.51 bits per heavy atom. The van der Waals surface area contributed by atoms with E-state index in [1.807, 2.05) is 48.5 Å². The average molecular weight is 550 g/mol. The Hall–Kier alpha value is -4.82. The number of benzene rings is 3. The molecular formula is C33H31N3O5. The lowest BCUT2D eigenvalue weighted by atomic mass is 9.91. The number of aliphatic carboxylic acids is 1. The highest BCUT2D eigenvalue weighted by Gasteiger charge is 2.31. The minimum absolute atomic E-state index is 0.0172. The van der Waals surface area contributed by atoms with E-state index < -0.39 is 5.97 Å². The Morgan fingerprint density at radius 1 is 0.854 bits per heavy atom. The predicted molar refractivity (Wildman–Crippen MR) is 154 cm³/mol. The normalized spacial score (nSPS) is 14.3. The van der Waals surface area contributed by atoms with Crippen LogP contribution in [0.3, 0.4) is 0 Å². The van der Waals surface area contributed by atoms with Gasteiger partial charge >= 0.3 is 5.97 Å². The van der Waals surface area contributed by atoms with E-state index in [-0.39, 0.29) is 44.0 Å². The zero-order valence-electron chi connectivity index (χ0n) is 22.5. The Labute approximate surface area is 238 Å². The number of aliphatic hydroxyl groups is 1. The minimum atomic E-state index is -1.00. The molecule has 2 N–H and O–H groups in total. The quantitative estimate of drug-likeness (QED) is 0.320. The van der Waals surface area contributed by atoms with Gasteiger partial charge in [0.15, 0.2) is 0 Å². The summed E-state index contributed by atoms with van der Waals surface area (Å²) in [6.07, 6.45) is 3.64. The summed E-state index contributed by atoms with van der Waals surface area (Å²) in [4.78, 5) is 46.7. The topological polar surface area (TPSA) is 111 Å². The number of aliphatic hydroxyl groups excluding tert-OH is 1. The molecule has 8 nitrogen and oxygen atoms in total. The summed E-state index contributed by atoms with van der Waals surface area (Å²) in [5.74, 6) is -1.57. The van der Waals surface area contributed by atoms with Gasteiger partial charge in [-0.2, -0.15) is 0 Å². The maximum Gasteiger partial charge on any atom is 0.305 e. The number of carbonyl (C=O) groups is 3. The Morgan fingerprint density at radius 3 is 2.20 bits per heavy atom. The summed E-state index contributed by atoms with van der Waals surface area (Å²) < 4.78 is 0. The number of pyridine rings is 1. The van der Waals surface area contributed by atoms with E-state index in [0.29, 0.717) is 35.2 Å². The van der Waals surface area contributed by atoms with E-state index in [1.165, 1.54) is 4.90 Å². The van der Waals surface area contributed by atoms with Crippen molar-refractivity contribution in [3.63, 3.8) is 0 Å². The molecule has 2 amide bonds. The van der Waals surface area contributed by atoms with E-state index in [0.717, 1.165) is 16.7 Å². The number of nitrogens with zero attached hydrogens (tertiary/aromatic N) is 3. The first-order valence-corrected chi connectivity index (χ1v) is 13.5. The number of carboxylic acids is 1. The van der Waals surface area contributed by atoms with Crippen molar-refractivity contribution >= 4 is 17.8 Å². The van der Waals surface area contributed by atoms with Crippen LogP contribution in [-0.4, -0.2) is 62.0 Å². The molecule has 0 unspecified atom stereocenters. The van der Waals surface area contributed by atoms with Gasteiger partial charge in [0.25, 0.3) is 11.8 Å². The van der Waals surface area contributed by atoms with Crippen LogP contribution in [0.15, 0.2) is 97.3 Å². The highest BCUT2D eigenvalue weighted by molar-refractivity contribution is 6.06. The third-order valence-electron chi connectivity index (χ3n) is 7.41. The molecule has 0 radical (unpaired) electrons. The summed E-state index contributed by atoms with van der Waals surface area (Å²) in [5.41, 5.74) is 4.90. The first kappa shape index (κ1) is 27.7. The van der Waals surface area contributed by atoms with Crippen molar-refractivity contribution in [2.45, 2.75) is 32.0 Å². The lowest BCUT2D eigenvalue weighted by molar-refractivity contribution is -0.137. The molecule has 1 aliphatic heterocycles. The fraction of sp³-hybridized carbons (Fsp3) is 0.212. The largest absolute Gasteiger partial charge is 0.481 e. The number of rotatable bonds is 9. The molecule has 41 heavy (non-hydrogen) atoms. The Bertz CT molecular complexity index is 1560. The molecule has 208 valence electrons. The minimum Gasteiger partial charge on any atom is -0.481 e. The summed E-state index contributed by atoms with van der Waals surface area (Å²) in [7, 11) is 0. The van der Waals surface area contributed by atoms with Gasteiger partial charge in [-0.25, -0.2) is 0 Å². The van der Waals surface area contributed by atoms with Crippen molar-refractivity contribution in [3.8, 4) is 11.1 Å². The third-order valence-corrected chi connectivity index (χ3v) is 7.41. The monoisotopic (exact) mass is 549 g/mol. The fourth-order valence-corrected chi connectivity index (χ4v) is 5.32. The molecule has 1 atom stereocenters. The number of fused-ring (bicyclic) bond motifs is 1. The molecule has 8 heteroatoms. The maximum absolute atomic E-state index is 14.1. The summed E-state index contributed by atoms with van der Waals surface area (Å²) in [5, 5.41) is 19.5. The predicted octanol–water partition coefficient (Wildman–Crippen LogP) is 4.43. The number of aromatic nitrogens is 1. The van der Waals surface area contributed by atoms with E-state index in [1.54, 1.807) is 53.7 Å². The van der Waals surface area contributed by atoms with Crippen molar-refractivity contribution in [2.75, 3.05) is 13.2 Å². The first-order chi connectivity index (χ1) is 20.0. The van der Waals surface area contributed by atoms with E-state index in [2.05, 4.69) is 4.98 Å². The molecule has 0 bridgehead atoms. The molecule has 0 aliphatic carbocycles. The number of carboxylic acid groups (broad SMARTS) is 1. The second-order valence-electron chi connectivity index (χ2n) is 10.1. The lowest BCUT2D eigenvalue weighted by Crippen LogP contribution is -2.46. The number of hydrogen-bond donors (Lipinski definition) is 2. The highest BCUT2D eigenvalue weighted by Crippen LogP contribution is 2.32. The summed E-state index contributed by atoms with van der Waals surface area (Å²) >= 11 is 0. The van der Waals surface area contributed by atoms with Crippen LogP contribution in [0.25, 0.3) is 11.1 Å². The molecule has 1 aliphatic rings. The second-order valence-corrected chi connectivity index (χ2v) is 10.1. The van der Waals surface area contributed by atoms with Crippen molar-refractivity contribution in [2.24, 2.45) is 0 Å². The van der Waals surface area contributed by atoms with Gasteiger partial charge in [-0.05, 0) is 52.4 Å². The van der Waals surface area contributed by atoms with Gasteiger partial charge in [-0.1, -0.05) is 66.7 Å². The first-order valence-electron chi connectivity index (χ1n) is 13.5. The smallest absolute Gasteiger partial charge is 0.305 e. The third kappa shape index (κ3) is 6.18. The van der Waals surface area contributed by atoms with Crippen LogP contribution in [0.1, 0.15) is 43.8 Å². The molecule has 2 heterocycles. The van der Waals surface area contributed by atoms with Crippen LogP contribution in [0.2, 0.25) is 0 Å². The molecule has 0 spiro atoms. The van der Waals surface area contributed by atoms with Gasteiger partial charge in [0, 0.05) is 43.2 Å². The molecule has 3 aromatic carbocycles. The second kappa shape index (κ2) is 12.6. The SMILES string of the molecule is O=C(O)CCN(Cc1cccnc1)C(=O)c1ccccc1-c1ccccc1C(=O)N1Cc2ccccc2C[C@H]1CO. The van der Waals surface area contributed by atoms with Crippen molar-refractivity contribution in [3.05, 3.63) is 125 Å². The standard InChI is InChI=1S/C33H31N3O5/c37-22-26-18-24-9-1-2-10-25(24)21-36(26)33(41)30-14-6-4-12-28(30)27-11-3-5-13-29(27)32(40)35(17-15-31(38)39)20-23-8-7-16-34-19-23/h1-14,16,19,26,37H,15,17-18,20-22H2,(H,38,39)/t26-/m0/s1. The van der Waals surface area contributed by atoms with Crippen LogP contribution in [0, 0.1) is 0 Å². The van der Waals surface area contributed by atoms with Gasteiger partial charge < -0.3 is 20.0 Å². The zero-order valence-corrected chi connectivity index (χ0v) is 22.5. The Balaban J connectivity index is 1.50. The van der Waals surface area contributed by atoms with Gasteiger partial charge in [-0.15, -0.1) is 0 Å². The van der Waals surface area contributed by atoms with Gasteiger partial charge in [0.1, 0.15) is 0 Å². The molecular weight excluding hydrogens is 518 g/mol. The van der Waals surface area contributed by atoms with Crippen LogP contribution in [-0.2, 0) is 24.3 Å². The number of carbonyl (C=O) groups excluding carboxylic acids is 2. The maximum atomic E-state index is 14.1. The molecule has 1 aromatic heterocycles. The van der Waals surface area contributed by atoms with Crippen LogP contribution < -0.4 is 0 Å². The average Bonchev–Trinajstić information content (AvgIpc) is 3.02. The Kier molecular flexibility index (Phi) is 8.50. The van der Waals surface area contributed by atoms with E-state index in [9.17, 15) is 24.6 Å². The van der Waals surface area contributed by atoms with Crippen molar-refractivity contribution in [1.82, 2.24) is 14.8 Å². The lowest BCUT2D eigenvalue weighted by Gasteiger charge is -2.36. The molecule has 4 aromatic rings. The van der Waals surface area contributed by atoms with Gasteiger partial charge in [-0.3, -0.25) is 19.4 Å². The van der Waals surface area contributed by atoms with E-state index >= 15 is 0 Å². The van der Waals surface area contributed by atoms with Crippen LogP contribution in [0.5, 0.6) is 0 Å². The summed E-state index contributed by atoms with van der Waals surface area (Å²) in [6.45, 7) is 0.428. The molecule has 0 saturated heterocycles. The summed E-state index contributed by atoms with van der Waals surface area (Å²) in [6, 6.07) is 25.4. The molecule has 0 fully saturated rings. The highest BCUT2D eigenvalue weighted by atomic mass is 16.4. The number of hydrogen-bond acceptors (Lipinski definition) is 5. The zero-order chi connectivity index (χ0) is 28.8.